The largest absolute Gasteiger partial charge is 0.488 e. The Labute approximate surface area is 200 Å². The third-order valence-electron chi connectivity index (χ3n) is 3.68. The minimum absolute atomic E-state index is 0.106. The van der Waals surface area contributed by atoms with Crippen molar-refractivity contribution in [3.8, 4) is 5.75 Å². The van der Waals surface area contributed by atoms with E-state index >= 15 is 0 Å². The number of carboxylic acids is 1. The molecule has 32 heavy (non-hydrogen) atoms. The fourth-order valence-electron chi connectivity index (χ4n) is 2.23. The molecule has 0 aliphatic rings. The molecule has 0 aliphatic heterocycles. The molecular weight excluding hydrogens is 697 g/mol. The van der Waals surface area contributed by atoms with E-state index in [4.69, 9.17) is 4.74 Å². The van der Waals surface area contributed by atoms with Gasteiger partial charge in [-0.05, 0) is 57.3 Å². The Kier molecular flexibility index (Phi) is 8.97. The quantitative estimate of drug-likeness (QED) is 0.201. The summed E-state index contributed by atoms with van der Waals surface area (Å²) in [4.78, 5) is 22.4. The molecule has 0 radical (unpaired) electrons. The highest BCUT2D eigenvalue weighted by Gasteiger charge is 2.81. The molecule has 1 unspecified atom stereocenters. The van der Waals surface area contributed by atoms with Gasteiger partial charge in [0, 0.05) is 10.5 Å². The molecule has 0 saturated carbocycles. The van der Waals surface area contributed by atoms with Crippen LogP contribution < -0.4 is 4.74 Å². The Balaban J connectivity index is 3.24. The normalized spacial score (nSPS) is 14.1. The Morgan fingerprint density at radius 2 is 1.53 bits per heavy atom. The van der Waals surface area contributed by atoms with Gasteiger partial charge in [0.05, 0.1) is 9.99 Å². The van der Waals surface area contributed by atoms with E-state index in [9.17, 15) is 54.2 Å². The monoisotopic (exact) mass is 708 g/mol. The van der Waals surface area contributed by atoms with E-state index < -0.39 is 66.3 Å². The first-order chi connectivity index (χ1) is 14.2. The van der Waals surface area contributed by atoms with E-state index in [0.717, 1.165) is 6.07 Å². The van der Waals surface area contributed by atoms with Gasteiger partial charge >= 0.3 is 35.9 Å². The maximum absolute atomic E-state index is 13.9. The maximum Gasteiger partial charge on any atom is 0.460 e. The molecule has 5 nitrogen and oxygen atoms in total. The molecule has 0 aromatic heterocycles. The van der Waals surface area contributed by atoms with Crippen LogP contribution in [0.2, 0.25) is 0 Å². The summed E-state index contributed by atoms with van der Waals surface area (Å²) in [5.74, 6) is -23.4. The molecule has 0 saturated heterocycles. The zero-order valence-electron chi connectivity index (χ0n) is 15.4. The van der Waals surface area contributed by atoms with Gasteiger partial charge in [-0.1, -0.05) is 0 Å². The van der Waals surface area contributed by atoms with Crippen LogP contribution in [0.4, 0.5) is 39.5 Å². The van der Waals surface area contributed by atoms with E-state index in [1.807, 2.05) is 0 Å². The molecule has 0 fully saturated rings. The average molecular weight is 708 g/mol. The summed E-state index contributed by atoms with van der Waals surface area (Å²) in [5.41, 5.74) is -0.497. The summed E-state index contributed by atoms with van der Waals surface area (Å²) in [6.07, 6.45) is -11.9. The molecule has 0 bridgehead atoms. The smallest absolute Gasteiger partial charge is 0.460 e. The van der Waals surface area contributed by atoms with E-state index in [1.54, 1.807) is 45.2 Å². The lowest BCUT2D eigenvalue weighted by atomic mass is 9.98. The Hall–Kier alpha value is -1.21. The third kappa shape index (κ3) is 6.22. The Morgan fingerprint density at radius 1 is 1.00 bits per heavy atom. The van der Waals surface area contributed by atoms with Gasteiger partial charge in [-0.2, -0.15) is 39.5 Å². The first-order valence-corrected chi connectivity index (χ1v) is 10.1. The first kappa shape index (κ1) is 28.8. The third-order valence-corrected chi connectivity index (χ3v) is 5.10. The van der Waals surface area contributed by atoms with Crippen LogP contribution in [0.15, 0.2) is 12.1 Å². The van der Waals surface area contributed by atoms with Gasteiger partial charge in [0.25, 0.3) is 0 Å². The van der Waals surface area contributed by atoms with Crippen molar-refractivity contribution in [2.75, 3.05) is 6.61 Å². The predicted octanol–water partition coefficient (Wildman–Crippen LogP) is 5.76. The standard InChI is InChI=1S/C16H11F9I2O5/c1-6(28)32-8(4-13(17,18)14(19,20)15(21,22)16(23,24)25)5-31-11-9(12(29)30)2-7(26)3-10(11)27/h2-3,8H,4-5H2,1H3,(H,29,30). The number of aromatic carboxylic acids is 1. The minimum Gasteiger partial charge on any atom is -0.488 e. The molecule has 1 atom stereocenters. The molecule has 1 aromatic rings. The Morgan fingerprint density at radius 3 is 1.97 bits per heavy atom. The maximum atomic E-state index is 13.9. The summed E-state index contributed by atoms with van der Waals surface area (Å²) in [7, 11) is 0. The van der Waals surface area contributed by atoms with Gasteiger partial charge in [-0.3, -0.25) is 4.79 Å². The predicted molar refractivity (Wildman–Crippen MR) is 105 cm³/mol. The highest BCUT2D eigenvalue weighted by Crippen LogP contribution is 2.54. The lowest BCUT2D eigenvalue weighted by molar-refractivity contribution is -0.398. The summed E-state index contributed by atoms with van der Waals surface area (Å²) in [5, 5.41) is 9.20. The van der Waals surface area contributed by atoms with E-state index in [1.165, 1.54) is 6.07 Å². The minimum atomic E-state index is -7.10. The molecule has 0 spiro atoms. The SMILES string of the molecule is CC(=O)OC(COc1c(I)cc(I)cc1C(=O)O)CC(F)(F)C(F)(F)C(F)(F)C(F)(F)F. The second-order valence-electron chi connectivity index (χ2n) is 6.17. The molecule has 1 N–H and O–H groups in total. The zero-order chi connectivity index (χ0) is 25.3. The van der Waals surface area contributed by atoms with E-state index in [0.29, 0.717) is 10.5 Å². The summed E-state index contributed by atoms with van der Waals surface area (Å²) in [6.45, 7) is -0.620. The highest BCUT2D eigenvalue weighted by molar-refractivity contribution is 14.1. The fourth-order valence-corrected chi connectivity index (χ4v) is 4.23. The van der Waals surface area contributed by atoms with Crippen molar-refractivity contribution in [2.45, 2.75) is 43.4 Å². The Bertz CT molecular complexity index is 874. The fraction of sp³-hybridized carbons (Fsp3) is 0.500. The number of carbonyl (C=O) groups is 2. The van der Waals surface area contributed by atoms with Crippen molar-refractivity contribution in [3.05, 3.63) is 24.8 Å². The van der Waals surface area contributed by atoms with Crippen LogP contribution in [-0.4, -0.2) is 53.7 Å². The number of halogens is 11. The van der Waals surface area contributed by atoms with E-state index in [-0.39, 0.29) is 3.57 Å². The van der Waals surface area contributed by atoms with Gasteiger partial charge < -0.3 is 14.6 Å². The van der Waals surface area contributed by atoms with Crippen LogP contribution in [0.1, 0.15) is 23.7 Å². The van der Waals surface area contributed by atoms with Crippen molar-refractivity contribution < 1.29 is 63.7 Å². The molecule has 16 heteroatoms. The summed E-state index contributed by atoms with van der Waals surface area (Å²) >= 11 is 3.32. The number of hydrogen-bond acceptors (Lipinski definition) is 4. The van der Waals surface area contributed by atoms with Crippen LogP contribution in [0, 0.1) is 7.14 Å². The molecule has 1 aromatic carbocycles. The van der Waals surface area contributed by atoms with Crippen LogP contribution in [0.5, 0.6) is 5.75 Å². The number of hydrogen-bond donors (Lipinski definition) is 1. The lowest BCUT2D eigenvalue weighted by Gasteiger charge is -2.35. The second kappa shape index (κ2) is 9.96. The topological polar surface area (TPSA) is 72.8 Å². The number of benzene rings is 1. The van der Waals surface area contributed by atoms with Crippen LogP contribution in [-0.2, 0) is 9.53 Å². The number of ether oxygens (including phenoxy) is 2. The van der Waals surface area contributed by atoms with Crippen molar-refractivity contribution in [1.82, 2.24) is 0 Å². The van der Waals surface area contributed by atoms with Crippen molar-refractivity contribution in [1.29, 1.82) is 0 Å². The van der Waals surface area contributed by atoms with Crippen LogP contribution in [0.25, 0.3) is 0 Å². The van der Waals surface area contributed by atoms with Gasteiger partial charge in [0.1, 0.15) is 24.0 Å². The zero-order valence-corrected chi connectivity index (χ0v) is 19.7. The number of rotatable bonds is 9. The number of carboxylic acid groups (broad SMARTS) is 1. The number of carbonyl (C=O) groups excluding carboxylic acids is 1. The molecule has 0 aliphatic carbocycles. The molecule has 0 amide bonds. The number of esters is 1. The van der Waals surface area contributed by atoms with Gasteiger partial charge in [0.2, 0.25) is 0 Å². The molecule has 1 rings (SSSR count). The highest BCUT2D eigenvalue weighted by atomic mass is 127. The summed E-state index contributed by atoms with van der Waals surface area (Å²) in [6, 6.07) is 2.46. The van der Waals surface area contributed by atoms with Crippen molar-refractivity contribution >= 4 is 57.1 Å². The second-order valence-corrected chi connectivity index (χ2v) is 8.57. The number of alkyl halides is 9. The van der Waals surface area contributed by atoms with Gasteiger partial charge in [0.15, 0.2) is 0 Å². The average Bonchev–Trinajstić information content (AvgIpc) is 2.57. The van der Waals surface area contributed by atoms with Crippen molar-refractivity contribution in [2.24, 2.45) is 0 Å². The summed E-state index contributed by atoms with van der Waals surface area (Å²) < 4.78 is 128. The molecule has 0 heterocycles. The lowest BCUT2D eigenvalue weighted by Crippen LogP contribution is -2.61. The van der Waals surface area contributed by atoms with E-state index in [2.05, 4.69) is 4.74 Å². The van der Waals surface area contributed by atoms with Crippen molar-refractivity contribution in [3.63, 3.8) is 0 Å². The first-order valence-electron chi connectivity index (χ1n) is 7.97. The van der Waals surface area contributed by atoms with Crippen LogP contribution in [0.3, 0.4) is 0 Å². The van der Waals surface area contributed by atoms with Gasteiger partial charge in [-0.25, -0.2) is 4.79 Å². The molecular formula is C16H11F9I2O5. The van der Waals surface area contributed by atoms with Crippen LogP contribution >= 0.6 is 45.2 Å². The van der Waals surface area contributed by atoms with Gasteiger partial charge in [-0.15, -0.1) is 0 Å². The molecule has 182 valence electrons.